The zero-order chi connectivity index (χ0) is 25.1. The molecule has 12 heteroatoms. The van der Waals surface area contributed by atoms with Crippen LogP contribution in [0.1, 0.15) is 29.4 Å². The fourth-order valence-electron chi connectivity index (χ4n) is 2.99. The summed E-state index contributed by atoms with van der Waals surface area (Å²) < 4.78 is 46.1. The topological polar surface area (TPSA) is 127 Å². The Hall–Kier alpha value is -3.78. The highest BCUT2D eigenvalue weighted by Gasteiger charge is 2.33. The third-order valence-electron chi connectivity index (χ3n) is 4.52. The highest BCUT2D eigenvalue weighted by Crippen LogP contribution is 2.36. The van der Waals surface area contributed by atoms with Gasteiger partial charge in [-0.15, -0.1) is 0 Å². The monoisotopic (exact) mass is 482 g/mol. The Balaban J connectivity index is 2.41. The molecule has 33 heavy (non-hydrogen) atoms. The molecule has 1 aromatic carbocycles. The highest BCUT2D eigenvalue weighted by atomic mass is 35.5. The number of hydrogen-bond acceptors (Lipinski definition) is 5. The van der Waals surface area contributed by atoms with Crippen LogP contribution in [0.15, 0.2) is 29.8 Å². The van der Waals surface area contributed by atoms with Crippen LogP contribution >= 0.6 is 11.6 Å². The van der Waals surface area contributed by atoms with Crippen LogP contribution in [0.5, 0.6) is 0 Å². The maximum atomic E-state index is 13.2. The Morgan fingerprint density at radius 2 is 1.91 bits per heavy atom. The number of alkyl halides is 3. The number of nitriles is 1. The molecule has 0 spiro atoms. The average Bonchev–Trinajstić information content (AvgIpc) is 2.98. The lowest BCUT2D eigenvalue weighted by atomic mass is 10.1. The number of carbonyl (C=O) groups excluding carboxylic acids is 3. The summed E-state index contributed by atoms with van der Waals surface area (Å²) in [5, 5.41) is 10.6. The lowest BCUT2D eigenvalue weighted by Crippen LogP contribution is -2.42. The molecule has 0 saturated carbocycles. The number of imide groups is 1. The molecule has 0 aliphatic carbocycles. The van der Waals surface area contributed by atoms with Crippen LogP contribution in [0.4, 0.5) is 18.0 Å². The van der Waals surface area contributed by atoms with Crippen molar-refractivity contribution in [1.29, 1.82) is 5.26 Å². The summed E-state index contributed by atoms with van der Waals surface area (Å²) >= 11 is 5.69. The van der Waals surface area contributed by atoms with Crippen LogP contribution in [0.3, 0.4) is 0 Å². The number of esters is 1. The number of benzene rings is 1. The first-order valence-electron chi connectivity index (χ1n) is 9.25. The first kappa shape index (κ1) is 25.5. The number of urea groups is 1. The summed E-state index contributed by atoms with van der Waals surface area (Å²) in [4.78, 5) is 34.7. The molecule has 3 amide bonds. The van der Waals surface area contributed by atoms with Crippen molar-refractivity contribution in [2.75, 3.05) is 0 Å². The van der Waals surface area contributed by atoms with Crippen LogP contribution < -0.4 is 11.1 Å². The lowest BCUT2D eigenvalue weighted by Gasteiger charge is -2.14. The van der Waals surface area contributed by atoms with E-state index in [0.29, 0.717) is 17.0 Å². The lowest BCUT2D eigenvalue weighted by molar-refractivity contribution is -0.150. The van der Waals surface area contributed by atoms with E-state index >= 15 is 0 Å². The summed E-state index contributed by atoms with van der Waals surface area (Å²) in [6, 6.07) is 5.51. The maximum absolute atomic E-state index is 13.2. The highest BCUT2D eigenvalue weighted by molar-refractivity contribution is 6.31. The zero-order valence-corrected chi connectivity index (χ0v) is 18.3. The number of hydrogen-bond donors (Lipinski definition) is 2. The number of nitrogens with two attached hydrogens (primary N) is 1. The molecule has 0 aliphatic heterocycles. The first-order chi connectivity index (χ1) is 15.3. The number of aryl methyl sites for hydroxylation is 1. The molecule has 2 aromatic rings. The quantitative estimate of drug-likeness (QED) is 0.380. The largest absolute Gasteiger partial charge is 0.448 e. The molecule has 0 radical (unpaired) electrons. The minimum atomic E-state index is -4.65. The molecular weight excluding hydrogens is 465 g/mol. The number of amides is 3. The van der Waals surface area contributed by atoms with Gasteiger partial charge in [0.1, 0.15) is 11.6 Å². The second-order valence-corrected chi connectivity index (χ2v) is 7.30. The van der Waals surface area contributed by atoms with Crippen molar-refractivity contribution in [3.8, 4) is 11.8 Å². The number of halogens is 4. The summed E-state index contributed by atoms with van der Waals surface area (Å²) in [6.45, 7) is 4.40. The van der Waals surface area contributed by atoms with Gasteiger partial charge in [-0.05, 0) is 56.7 Å². The van der Waals surface area contributed by atoms with E-state index in [1.165, 1.54) is 23.6 Å². The van der Waals surface area contributed by atoms with Crippen molar-refractivity contribution in [2.45, 2.75) is 33.1 Å². The Labute approximate surface area is 191 Å². The van der Waals surface area contributed by atoms with Gasteiger partial charge in [0.2, 0.25) is 0 Å². The second kappa shape index (κ2) is 9.79. The number of carbonyl (C=O) groups is 3. The standard InChI is InChI=1S/C21H18ClF3N4O4/c1-10-6-13(7-14(9-26)19(31)33-12(3)18(30)28-20(27)32)11(2)29(10)15-4-5-17(22)16(8-15)21(23,24)25/h4-8,12H,1-3H3,(H3,27,28,30,32)/b14-7+/t12-/m0/s1. The van der Waals surface area contributed by atoms with E-state index in [1.54, 1.807) is 31.3 Å². The predicted molar refractivity (Wildman–Crippen MR) is 112 cm³/mol. The van der Waals surface area contributed by atoms with Gasteiger partial charge < -0.3 is 15.0 Å². The second-order valence-electron chi connectivity index (χ2n) is 6.89. The molecule has 1 heterocycles. The Morgan fingerprint density at radius 3 is 2.45 bits per heavy atom. The number of rotatable bonds is 5. The molecule has 0 unspecified atom stereocenters. The Morgan fingerprint density at radius 1 is 1.27 bits per heavy atom. The minimum Gasteiger partial charge on any atom is -0.448 e. The van der Waals surface area contributed by atoms with Crippen molar-refractivity contribution in [3.63, 3.8) is 0 Å². The van der Waals surface area contributed by atoms with Gasteiger partial charge in [-0.25, -0.2) is 9.59 Å². The molecular formula is C21H18ClF3N4O4. The van der Waals surface area contributed by atoms with E-state index in [0.717, 1.165) is 12.1 Å². The normalized spacial score (nSPS) is 12.6. The molecule has 2 rings (SSSR count). The SMILES string of the molecule is Cc1cc(/C=C(\C#N)C(=O)O[C@@H](C)C(=O)NC(N)=O)c(C)n1-c1ccc(Cl)c(C(F)(F)F)c1. The van der Waals surface area contributed by atoms with Gasteiger partial charge in [0, 0.05) is 17.1 Å². The number of nitrogens with zero attached hydrogens (tertiary/aromatic N) is 2. The third-order valence-corrected chi connectivity index (χ3v) is 4.85. The van der Waals surface area contributed by atoms with Crippen molar-refractivity contribution in [1.82, 2.24) is 9.88 Å². The fraction of sp³-hybridized carbons (Fsp3) is 0.238. The first-order valence-corrected chi connectivity index (χ1v) is 9.63. The van der Waals surface area contributed by atoms with Gasteiger partial charge in [-0.1, -0.05) is 11.6 Å². The van der Waals surface area contributed by atoms with Gasteiger partial charge in [0.15, 0.2) is 6.10 Å². The van der Waals surface area contributed by atoms with E-state index in [2.05, 4.69) is 0 Å². The third kappa shape index (κ3) is 5.93. The molecule has 0 saturated heterocycles. The summed E-state index contributed by atoms with van der Waals surface area (Å²) in [7, 11) is 0. The Kier molecular flexibility index (Phi) is 7.56. The van der Waals surface area contributed by atoms with Crippen molar-refractivity contribution >= 4 is 35.6 Å². The van der Waals surface area contributed by atoms with Crippen LogP contribution in [0.2, 0.25) is 5.02 Å². The molecule has 1 aromatic heterocycles. The number of ether oxygens (including phenoxy) is 1. The van der Waals surface area contributed by atoms with Crippen molar-refractivity contribution < 1.29 is 32.3 Å². The van der Waals surface area contributed by atoms with E-state index < -0.39 is 46.3 Å². The molecule has 174 valence electrons. The van der Waals surface area contributed by atoms with Crippen LogP contribution in [0, 0.1) is 25.2 Å². The number of aromatic nitrogens is 1. The van der Waals surface area contributed by atoms with Crippen LogP contribution in [0.25, 0.3) is 11.8 Å². The van der Waals surface area contributed by atoms with Crippen LogP contribution in [-0.2, 0) is 20.5 Å². The van der Waals surface area contributed by atoms with Gasteiger partial charge in [-0.3, -0.25) is 10.1 Å². The van der Waals surface area contributed by atoms with Crippen molar-refractivity contribution in [2.24, 2.45) is 5.73 Å². The van der Waals surface area contributed by atoms with Crippen molar-refractivity contribution in [3.05, 3.63) is 57.4 Å². The molecule has 0 fully saturated rings. The molecule has 0 bridgehead atoms. The maximum Gasteiger partial charge on any atom is 0.417 e. The van der Waals surface area contributed by atoms with E-state index in [-0.39, 0.29) is 5.69 Å². The van der Waals surface area contributed by atoms with E-state index in [1.807, 2.05) is 0 Å². The van der Waals surface area contributed by atoms with Gasteiger partial charge in [0.25, 0.3) is 5.91 Å². The molecule has 3 N–H and O–H groups in total. The smallest absolute Gasteiger partial charge is 0.417 e. The van der Waals surface area contributed by atoms with Gasteiger partial charge >= 0.3 is 18.2 Å². The van der Waals surface area contributed by atoms with E-state index in [9.17, 15) is 32.8 Å². The van der Waals surface area contributed by atoms with Gasteiger partial charge in [0.05, 0.1) is 10.6 Å². The minimum absolute atomic E-state index is 0.180. The predicted octanol–water partition coefficient (Wildman–Crippen LogP) is 3.80. The summed E-state index contributed by atoms with van der Waals surface area (Å²) in [5.41, 5.74) is 4.85. The molecule has 8 nitrogen and oxygen atoms in total. The molecule has 0 aliphatic rings. The zero-order valence-electron chi connectivity index (χ0n) is 17.6. The fourth-order valence-corrected chi connectivity index (χ4v) is 3.22. The summed E-state index contributed by atoms with van der Waals surface area (Å²) in [6.07, 6.45) is -4.88. The number of nitrogens with one attached hydrogen (secondary N) is 1. The molecule has 1 atom stereocenters. The van der Waals surface area contributed by atoms with Gasteiger partial charge in [-0.2, -0.15) is 18.4 Å². The Bertz CT molecular complexity index is 1200. The van der Waals surface area contributed by atoms with Crippen LogP contribution in [-0.4, -0.2) is 28.6 Å². The average molecular weight is 483 g/mol. The van der Waals surface area contributed by atoms with E-state index in [4.69, 9.17) is 22.1 Å². The number of primary amides is 1. The summed E-state index contributed by atoms with van der Waals surface area (Å²) in [5.74, 6) is -2.12.